The number of ether oxygens (including phenoxy) is 1. The number of carbonyl (C=O) groups is 1. The summed E-state index contributed by atoms with van der Waals surface area (Å²) >= 11 is 0. The van der Waals surface area contributed by atoms with E-state index in [1.54, 1.807) is 13.8 Å². The molecule has 3 aromatic rings. The van der Waals surface area contributed by atoms with Crippen molar-refractivity contribution in [1.82, 2.24) is 18.7 Å². The zero-order valence-electron chi connectivity index (χ0n) is 16.1. The number of aryl methyl sites for hydroxylation is 1. The van der Waals surface area contributed by atoms with Crippen molar-refractivity contribution in [3.8, 4) is 5.69 Å². The highest BCUT2D eigenvalue weighted by Crippen LogP contribution is 2.33. The molecule has 0 radical (unpaired) electrons. The number of aromatic nitrogens is 4. The number of rotatable bonds is 5. The Balaban J connectivity index is 2.02. The van der Waals surface area contributed by atoms with Crippen molar-refractivity contribution in [3.63, 3.8) is 0 Å². The predicted molar refractivity (Wildman–Crippen MR) is 104 cm³/mol. The van der Waals surface area contributed by atoms with Crippen LogP contribution in [0.25, 0.3) is 16.9 Å². The summed E-state index contributed by atoms with van der Waals surface area (Å²) in [6.07, 6.45) is 3.00. The molecule has 2 heterocycles. The fourth-order valence-electron chi connectivity index (χ4n) is 3.37. The maximum Gasteiger partial charge on any atom is 0.337 e. The minimum absolute atomic E-state index is 0.109. The lowest BCUT2D eigenvalue weighted by Crippen LogP contribution is -2.40. The van der Waals surface area contributed by atoms with Crippen LogP contribution in [0.5, 0.6) is 0 Å². The first-order valence-electron chi connectivity index (χ1n) is 9.41. The summed E-state index contributed by atoms with van der Waals surface area (Å²) in [7, 11) is 0. The summed E-state index contributed by atoms with van der Waals surface area (Å²) < 4.78 is 9.33. The van der Waals surface area contributed by atoms with E-state index in [0.29, 0.717) is 5.69 Å². The number of benzene rings is 1. The molecule has 0 aliphatic heterocycles. The van der Waals surface area contributed by atoms with E-state index in [1.165, 1.54) is 20.0 Å². The second kappa shape index (κ2) is 6.78. The number of esters is 1. The van der Waals surface area contributed by atoms with Crippen molar-refractivity contribution < 1.29 is 9.53 Å². The average molecular weight is 382 g/mol. The summed E-state index contributed by atoms with van der Waals surface area (Å²) in [5, 5.41) is 0. The van der Waals surface area contributed by atoms with Gasteiger partial charge in [-0.15, -0.1) is 0 Å². The van der Waals surface area contributed by atoms with Crippen LogP contribution in [-0.2, 0) is 9.53 Å². The van der Waals surface area contributed by atoms with Gasteiger partial charge in [0.2, 0.25) is 0 Å². The van der Waals surface area contributed by atoms with Crippen molar-refractivity contribution in [2.75, 3.05) is 6.61 Å². The van der Waals surface area contributed by atoms with Crippen molar-refractivity contribution in [1.29, 1.82) is 0 Å². The van der Waals surface area contributed by atoms with Crippen molar-refractivity contribution in [2.45, 2.75) is 45.7 Å². The molecule has 2 aromatic heterocycles. The molecule has 8 heteroatoms. The fourth-order valence-corrected chi connectivity index (χ4v) is 3.37. The Bertz CT molecular complexity index is 1170. The first kappa shape index (κ1) is 18.2. The lowest BCUT2D eigenvalue weighted by atomic mass is 10.2. The Morgan fingerprint density at radius 1 is 1.25 bits per heavy atom. The van der Waals surface area contributed by atoms with E-state index in [0.717, 1.165) is 18.4 Å². The number of hydrogen-bond donors (Lipinski definition) is 0. The number of nitrogens with zero attached hydrogens (tertiary/aromatic N) is 4. The monoisotopic (exact) mass is 382 g/mol. The fraction of sp³-hybridized carbons (Fsp3) is 0.400. The molecule has 1 aliphatic rings. The van der Waals surface area contributed by atoms with Crippen LogP contribution in [0, 0.1) is 6.92 Å². The largest absolute Gasteiger partial charge is 0.464 e. The Hall–Kier alpha value is -3.16. The first-order chi connectivity index (χ1) is 13.4. The van der Waals surface area contributed by atoms with Crippen LogP contribution in [0.4, 0.5) is 0 Å². The quantitative estimate of drug-likeness (QED) is 0.631. The molecule has 8 nitrogen and oxygen atoms in total. The zero-order valence-corrected chi connectivity index (χ0v) is 16.1. The van der Waals surface area contributed by atoms with Crippen LogP contribution in [0.15, 0.2) is 40.2 Å². The molecule has 0 N–H and O–H groups in total. The number of hydrogen-bond acceptors (Lipinski definition) is 5. The first-order valence-corrected chi connectivity index (χ1v) is 9.41. The number of carbonyl (C=O) groups excluding carboxylic acids is 1. The van der Waals surface area contributed by atoms with E-state index in [9.17, 15) is 14.4 Å². The van der Waals surface area contributed by atoms with Gasteiger partial charge in [0.05, 0.1) is 18.6 Å². The molecular weight excluding hydrogens is 360 g/mol. The molecule has 0 bridgehead atoms. The highest BCUT2D eigenvalue weighted by Gasteiger charge is 2.31. The topological polar surface area (TPSA) is 88.1 Å². The van der Waals surface area contributed by atoms with Crippen molar-refractivity contribution in [3.05, 3.63) is 57.0 Å². The van der Waals surface area contributed by atoms with Gasteiger partial charge in [0.25, 0.3) is 5.56 Å². The van der Waals surface area contributed by atoms with Gasteiger partial charge in [-0.25, -0.2) is 19.1 Å². The van der Waals surface area contributed by atoms with Gasteiger partial charge in [-0.2, -0.15) is 0 Å². The Morgan fingerprint density at radius 2 is 1.93 bits per heavy atom. The third-order valence-electron chi connectivity index (χ3n) is 5.05. The third-order valence-corrected chi connectivity index (χ3v) is 5.05. The van der Waals surface area contributed by atoms with Crippen LogP contribution >= 0.6 is 0 Å². The smallest absolute Gasteiger partial charge is 0.337 e. The molecule has 1 aliphatic carbocycles. The minimum Gasteiger partial charge on any atom is -0.464 e. The molecular formula is C20H22N4O4. The zero-order chi connectivity index (χ0) is 20.0. The van der Waals surface area contributed by atoms with Gasteiger partial charge in [0, 0.05) is 6.04 Å². The van der Waals surface area contributed by atoms with Crippen LogP contribution < -0.4 is 11.2 Å². The predicted octanol–water partition coefficient (Wildman–Crippen LogP) is 2.12. The maximum absolute atomic E-state index is 13.2. The minimum atomic E-state index is -0.728. The van der Waals surface area contributed by atoms with E-state index in [2.05, 4.69) is 4.98 Å². The van der Waals surface area contributed by atoms with Gasteiger partial charge in [0.1, 0.15) is 6.04 Å². The van der Waals surface area contributed by atoms with Gasteiger partial charge in [-0.05, 0) is 45.7 Å². The van der Waals surface area contributed by atoms with Crippen molar-refractivity contribution >= 4 is 17.1 Å². The van der Waals surface area contributed by atoms with Gasteiger partial charge < -0.3 is 9.30 Å². The molecule has 0 amide bonds. The Labute approximate surface area is 161 Å². The average Bonchev–Trinajstić information content (AvgIpc) is 3.40. The molecule has 1 fully saturated rings. The molecule has 1 aromatic carbocycles. The highest BCUT2D eigenvalue weighted by atomic mass is 16.5. The van der Waals surface area contributed by atoms with E-state index in [-0.39, 0.29) is 23.8 Å². The summed E-state index contributed by atoms with van der Waals surface area (Å²) in [4.78, 5) is 42.9. The standard InChI is InChI=1S/C20H22N4O4/c1-4-28-19(26)13(3)22-11-21-17-16(22)18(25)24(15-9-10-15)20(27)23(17)14-7-5-12(2)6-8-14/h5-8,11,13,15H,4,9-10H2,1-3H3. The molecule has 4 rings (SSSR count). The maximum atomic E-state index is 13.2. The van der Waals surface area contributed by atoms with Crippen LogP contribution in [0.3, 0.4) is 0 Å². The van der Waals surface area contributed by atoms with Crippen LogP contribution in [0.2, 0.25) is 0 Å². The van der Waals surface area contributed by atoms with E-state index in [4.69, 9.17) is 4.74 Å². The molecule has 0 saturated heterocycles. The number of fused-ring (bicyclic) bond motifs is 1. The number of imidazole rings is 1. The Kier molecular flexibility index (Phi) is 4.41. The molecule has 1 atom stereocenters. The van der Waals surface area contributed by atoms with Crippen molar-refractivity contribution in [2.24, 2.45) is 0 Å². The Morgan fingerprint density at radius 3 is 2.54 bits per heavy atom. The summed E-state index contributed by atoms with van der Waals surface area (Å²) in [5.41, 5.74) is 1.34. The summed E-state index contributed by atoms with van der Waals surface area (Å²) in [6, 6.07) is 6.62. The normalized spacial score (nSPS) is 15.0. The summed E-state index contributed by atoms with van der Waals surface area (Å²) in [6.45, 7) is 5.59. The van der Waals surface area contributed by atoms with Gasteiger partial charge >= 0.3 is 11.7 Å². The molecule has 28 heavy (non-hydrogen) atoms. The van der Waals surface area contributed by atoms with E-state index < -0.39 is 23.3 Å². The van der Waals surface area contributed by atoms with Gasteiger partial charge in [-0.1, -0.05) is 17.7 Å². The van der Waals surface area contributed by atoms with Gasteiger partial charge in [-0.3, -0.25) is 9.36 Å². The molecule has 146 valence electrons. The molecule has 1 saturated carbocycles. The second-order valence-electron chi connectivity index (χ2n) is 7.11. The van der Waals surface area contributed by atoms with E-state index in [1.807, 2.05) is 31.2 Å². The third kappa shape index (κ3) is 2.85. The van der Waals surface area contributed by atoms with Gasteiger partial charge in [0.15, 0.2) is 11.2 Å². The van der Waals surface area contributed by atoms with Crippen LogP contribution in [0.1, 0.15) is 44.3 Å². The molecule has 0 spiro atoms. The highest BCUT2D eigenvalue weighted by molar-refractivity contribution is 5.79. The van der Waals surface area contributed by atoms with Crippen LogP contribution in [-0.4, -0.2) is 31.3 Å². The second-order valence-corrected chi connectivity index (χ2v) is 7.11. The lowest BCUT2D eigenvalue weighted by Gasteiger charge is -2.15. The molecule has 1 unspecified atom stereocenters. The van der Waals surface area contributed by atoms with E-state index >= 15 is 0 Å². The lowest BCUT2D eigenvalue weighted by molar-refractivity contribution is -0.146. The SMILES string of the molecule is CCOC(=O)C(C)n1cnc2c1c(=O)n(C1CC1)c(=O)n2-c1ccc(C)cc1. The summed E-state index contributed by atoms with van der Waals surface area (Å²) in [5.74, 6) is -0.452.